The second-order valence-electron chi connectivity index (χ2n) is 7.63. The lowest BCUT2D eigenvalue weighted by Gasteiger charge is -2.35. The fraction of sp³-hybridized carbons (Fsp3) is 0.765. The quantitative estimate of drug-likeness (QED) is 0.607. The summed E-state index contributed by atoms with van der Waals surface area (Å²) in [7, 11) is 0. The van der Waals surface area contributed by atoms with Gasteiger partial charge >= 0.3 is 23.9 Å². The largest absolute Gasteiger partial charge is 0.481 e. The van der Waals surface area contributed by atoms with E-state index in [1.807, 2.05) is 0 Å². The van der Waals surface area contributed by atoms with Gasteiger partial charge in [0, 0.05) is 6.04 Å². The van der Waals surface area contributed by atoms with Crippen LogP contribution in [0.25, 0.3) is 0 Å². The molecule has 0 aromatic rings. The van der Waals surface area contributed by atoms with Crippen molar-refractivity contribution in [1.29, 1.82) is 0 Å². The summed E-state index contributed by atoms with van der Waals surface area (Å²) in [6.07, 6.45) is 0.703. The molecular weight excluding hydrogens is 330 g/mol. The van der Waals surface area contributed by atoms with Gasteiger partial charge in [0.05, 0.1) is 12.5 Å². The van der Waals surface area contributed by atoms with E-state index in [1.54, 1.807) is 27.7 Å². The van der Waals surface area contributed by atoms with Gasteiger partial charge in [-0.1, -0.05) is 0 Å². The van der Waals surface area contributed by atoms with Gasteiger partial charge in [0.1, 0.15) is 5.60 Å². The molecular formula is C17H25NO7. The Morgan fingerprint density at radius 2 is 1.76 bits per heavy atom. The van der Waals surface area contributed by atoms with Gasteiger partial charge < -0.3 is 14.6 Å². The lowest BCUT2D eigenvalue weighted by molar-refractivity contribution is -0.161. The third-order valence-corrected chi connectivity index (χ3v) is 4.69. The summed E-state index contributed by atoms with van der Waals surface area (Å²) in [6.45, 7) is 6.51. The topological polar surface area (TPSA) is 110 Å². The van der Waals surface area contributed by atoms with Gasteiger partial charge in [-0.15, -0.1) is 0 Å². The number of rotatable bonds is 3. The van der Waals surface area contributed by atoms with Crippen molar-refractivity contribution in [3.05, 3.63) is 0 Å². The van der Waals surface area contributed by atoms with E-state index in [1.165, 1.54) is 0 Å². The third kappa shape index (κ3) is 4.11. The minimum absolute atomic E-state index is 0.00119. The number of esters is 1. The molecule has 2 rings (SSSR count). The lowest BCUT2D eigenvalue weighted by Crippen LogP contribution is -2.53. The number of amides is 2. The normalized spacial score (nSPS) is 27.7. The summed E-state index contributed by atoms with van der Waals surface area (Å²) in [5.74, 6) is -4.04. The number of hydrogen-bond donors (Lipinski definition) is 1. The van der Waals surface area contributed by atoms with E-state index in [-0.39, 0.29) is 18.4 Å². The lowest BCUT2D eigenvalue weighted by atomic mass is 9.84. The fourth-order valence-electron chi connectivity index (χ4n) is 3.87. The third-order valence-electron chi connectivity index (χ3n) is 4.69. The highest BCUT2D eigenvalue weighted by Gasteiger charge is 2.54. The van der Waals surface area contributed by atoms with Crippen molar-refractivity contribution in [3.8, 4) is 0 Å². The molecule has 0 spiro atoms. The maximum absolute atomic E-state index is 12.6. The molecule has 8 nitrogen and oxygen atoms in total. The average Bonchev–Trinajstić information content (AvgIpc) is 3.05. The predicted molar refractivity (Wildman–Crippen MR) is 85.5 cm³/mol. The molecule has 0 radical (unpaired) electrons. The fourth-order valence-corrected chi connectivity index (χ4v) is 3.87. The summed E-state index contributed by atoms with van der Waals surface area (Å²) in [5.41, 5.74) is -0.853. The summed E-state index contributed by atoms with van der Waals surface area (Å²) < 4.78 is 10.0. The zero-order valence-electron chi connectivity index (χ0n) is 15.0. The summed E-state index contributed by atoms with van der Waals surface area (Å²) in [4.78, 5) is 49.2. The van der Waals surface area contributed by atoms with Gasteiger partial charge in [-0.05, 0) is 58.8 Å². The number of ether oxygens (including phenoxy) is 2. The van der Waals surface area contributed by atoms with Crippen molar-refractivity contribution in [2.45, 2.75) is 58.6 Å². The molecule has 0 aromatic heterocycles. The molecule has 2 fully saturated rings. The number of carbonyl (C=O) groups is 4. The van der Waals surface area contributed by atoms with E-state index < -0.39 is 41.5 Å². The number of imide groups is 1. The number of nitrogens with zero attached hydrogens (tertiary/aromatic N) is 1. The first-order valence-corrected chi connectivity index (χ1v) is 8.51. The zero-order chi connectivity index (χ0) is 18.9. The summed E-state index contributed by atoms with van der Waals surface area (Å²) in [5, 5.41) is 9.38. The van der Waals surface area contributed by atoms with E-state index in [0.717, 1.165) is 4.90 Å². The molecule has 2 aliphatic carbocycles. The summed E-state index contributed by atoms with van der Waals surface area (Å²) >= 11 is 0. The average molecular weight is 355 g/mol. The minimum atomic E-state index is -1.14. The smallest absolute Gasteiger partial charge is 0.417 e. The van der Waals surface area contributed by atoms with Crippen LogP contribution in [0.3, 0.4) is 0 Å². The molecule has 8 heteroatoms. The molecule has 0 saturated heterocycles. The Labute approximate surface area is 146 Å². The molecule has 140 valence electrons. The molecule has 1 N–H and O–H groups in total. The van der Waals surface area contributed by atoms with Crippen LogP contribution in [0, 0.1) is 17.8 Å². The van der Waals surface area contributed by atoms with Gasteiger partial charge in [-0.3, -0.25) is 9.59 Å². The molecule has 2 aliphatic rings. The number of carboxylic acids is 1. The van der Waals surface area contributed by atoms with Gasteiger partial charge in [-0.2, -0.15) is 0 Å². The second kappa shape index (κ2) is 7.01. The van der Waals surface area contributed by atoms with Crippen LogP contribution in [0.1, 0.15) is 47.0 Å². The maximum Gasteiger partial charge on any atom is 0.417 e. The first-order valence-electron chi connectivity index (χ1n) is 8.51. The number of fused-ring (bicyclic) bond motifs is 2. The van der Waals surface area contributed by atoms with Crippen molar-refractivity contribution in [3.63, 3.8) is 0 Å². The van der Waals surface area contributed by atoms with E-state index in [9.17, 15) is 24.3 Å². The zero-order valence-corrected chi connectivity index (χ0v) is 15.0. The van der Waals surface area contributed by atoms with E-state index in [2.05, 4.69) is 0 Å². The van der Waals surface area contributed by atoms with E-state index >= 15 is 0 Å². The second-order valence-corrected chi connectivity index (χ2v) is 7.63. The molecule has 2 bridgehead atoms. The molecule has 0 aromatic carbocycles. The van der Waals surface area contributed by atoms with E-state index in [4.69, 9.17) is 9.47 Å². The number of carbonyl (C=O) groups excluding carboxylic acids is 3. The van der Waals surface area contributed by atoms with Crippen LogP contribution in [-0.4, -0.2) is 52.2 Å². The van der Waals surface area contributed by atoms with Crippen LogP contribution in [0.2, 0.25) is 0 Å². The predicted octanol–water partition coefficient (Wildman–Crippen LogP) is 1.81. The van der Waals surface area contributed by atoms with Crippen LogP contribution in [0.5, 0.6) is 0 Å². The van der Waals surface area contributed by atoms with Crippen LogP contribution in [0.15, 0.2) is 0 Å². The van der Waals surface area contributed by atoms with Crippen molar-refractivity contribution < 1.29 is 33.8 Å². The standard InChI is InChI=1S/C17H25NO7/c1-5-24-15(22)13(19)18(16(23)25-17(2,3)4)12-8-9-6-10(12)11(7-9)14(20)21/h9-12H,5-8H2,1-4H3,(H,20,21). The molecule has 4 atom stereocenters. The van der Waals surface area contributed by atoms with Gasteiger partial charge in [-0.25, -0.2) is 14.5 Å². The first kappa shape index (κ1) is 19.2. The molecule has 0 heterocycles. The van der Waals surface area contributed by atoms with Crippen molar-refractivity contribution >= 4 is 23.9 Å². The molecule has 2 saturated carbocycles. The van der Waals surface area contributed by atoms with Crippen molar-refractivity contribution in [2.24, 2.45) is 17.8 Å². The van der Waals surface area contributed by atoms with Crippen molar-refractivity contribution in [2.75, 3.05) is 6.61 Å². The first-order chi connectivity index (χ1) is 11.5. The summed E-state index contributed by atoms with van der Waals surface area (Å²) in [6, 6.07) is -0.661. The van der Waals surface area contributed by atoms with Gasteiger partial charge in [0.25, 0.3) is 0 Å². The van der Waals surface area contributed by atoms with Crippen LogP contribution >= 0.6 is 0 Å². The van der Waals surface area contributed by atoms with Gasteiger partial charge in [0.15, 0.2) is 0 Å². The Morgan fingerprint density at radius 1 is 1.12 bits per heavy atom. The number of hydrogen-bond acceptors (Lipinski definition) is 6. The van der Waals surface area contributed by atoms with Crippen molar-refractivity contribution in [1.82, 2.24) is 4.90 Å². The highest BCUT2D eigenvalue weighted by Crippen LogP contribution is 2.50. The highest BCUT2D eigenvalue weighted by molar-refractivity contribution is 6.35. The molecule has 25 heavy (non-hydrogen) atoms. The van der Waals surface area contributed by atoms with Crippen LogP contribution in [-0.2, 0) is 23.9 Å². The Kier molecular flexibility index (Phi) is 5.39. The van der Waals surface area contributed by atoms with Crippen LogP contribution < -0.4 is 0 Å². The highest BCUT2D eigenvalue weighted by atomic mass is 16.6. The Bertz CT molecular complexity index is 580. The number of carboxylic acid groups (broad SMARTS) is 1. The Morgan fingerprint density at radius 3 is 2.24 bits per heavy atom. The Balaban J connectivity index is 2.28. The van der Waals surface area contributed by atoms with Crippen LogP contribution in [0.4, 0.5) is 4.79 Å². The van der Waals surface area contributed by atoms with E-state index in [0.29, 0.717) is 19.3 Å². The molecule has 0 aliphatic heterocycles. The Hall–Kier alpha value is -2.12. The monoisotopic (exact) mass is 355 g/mol. The number of aliphatic carboxylic acids is 1. The SMILES string of the molecule is CCOC(=O)C(=O)N(C(=O)OC(C)(C)C)C1CC2CC(C(=O)O)C1C2. The minimum Gasteiger partial charge on any atom is -0.481 e. The molecule has 4 unspecified atom stereocenters. The maximum atomic E-state index is 12.6. The molecule has 2 amide bonds. The van der Waals surface area contributed by atoms with Gasteiger partial charge in [0.2, 0.25) is 0 Å².